The number of nitrogens with zero attached hydrogens (tertiary/aromatic N) is 6. The number of likely N-dealkylation sites (N-methyl/N-ethyl adjacent to an activating group) is 1. The number of hydrogen-bond acceptors (Lipinski definition) is 6. The summed E-state index contributed by atoms with van der Waals surface area (Å²) in [7, 11) is 1.76. The number of benzene rings is 1. The second-order valence-corrected chi connectivity index (χ2v) is 8.78. The Labute approximate surface area is 183 Å². The number of aliphatic imine (C=N–C) groups is 1. The number of urea groups is 1. The quantitative estimate of drug-likeness (QED) is 0.746. The van der Waals surface area contributed by atoms with Gasteiger partial charge in [0.1, 0.15) is 0 Å². The van der Waals surface area contributed by atoms with E-state index in [0.29, 0.717) is 6.54 Å². The van der Waals surface area contributed by atoms with Gasteiger partial charge in [-0.2, -0.15) is 0 Å². The number of guanidine groups is 1. The van der Waals surface area contributed by atoms with Crippen molar-refractivity contribution in [2.75, 3.05) is 38.1 Å². The fourth-order valence-electron chi connectivity index (χ4n) is 5.13. The molecule has 2 unspecified atom stereocenters. The maximum Gasteiger partial charge on any atom is 0.328 e. The number of para-hydroxylation sites is 1. The lowest BCUT2D eigenvalue weighted by molar-refractivity contribution is -0.137. The second kappa shape index (κ2) is 7.67. The van der Waals surface area contributed by atoms with Crippen LogP contribution in [0.5, 0.6) is 0 Å². The molecule has 5 rings (SSSR count). The first kappa shape index (κ1) is 20.1. The van der Waals surface area contributed by atoms with E-state index in [9.17, 15) is 9.59 Å². The molecule has 8 heteroatoms. The zero-order chi connectivity index (χ0) is 21.7. The fourth-order valence-corrected chi connectivity index (χ4v) is 5.13. The Morgan fingerprint density at radius 2 is 1.68 bits per heavy atom. The lowest BCUT2D eigenvalue weighted by atomic mass is 10.1. The molecule has 8 nitrogen and oxygen atoms in total. The minimum absolute atomic E-state index is 0.147. The summed E-state index contributed by atoms with van der Waals surface area (Å²) in [5, 5.41) is 0. The van der Waals surface area contributed by atoms with Crippen LogP contribution in [0.2, 0.25) is 0 Å². The Kier molecular flexibility index (Phi) is 4.97. The van der Waals surface area contributed by atoms with E-state index in [0.717, 1.165) is 42.7 Å². The van der Waals surface area contributed by atoms with Crippen molar-refractivity contribution in [3.05, 3.63) is 41.7 Å². The van der Waals surface area contributed by atoms with Crippen molar-refractivity contribution < 1.29 is 9.59 Å². The molecule has 0 bridgehead atoms. The highest BCUT2D eigenvalue weighted by atomic mass is 16.2. The number of piperidine rings is 1. The van der Waals surface area contributed by atoms with Gasteiger partial charge in [-0.25, -0.2) is 9.79 Å². The van der Waals surface area contributed by atoms with Gasteiger partial charge in [0.25, 0.3) is 5.91 Å². The van der Waals surface area contributed by atoms with Crippen LogP contribution in [0.3, 0.4) is 0 Å². The van der Waals surface area contributed by atoms with Crippen LogP contribution in [0.4, 0.5) is 10.5 Å². The smallest absolute Gasteiger partial charge is 0.302 e. The predicted molar refractivity (Wildman–Crippen MR) is 119 cm³/mol. The molecule has 3 amide bonds. The van der Waals surface area contributed by atoms with E-state index >= 15 is 0 Å². The summed E-state index contributed by atoms with van der Waals surface area (Å²) >= 11 is 0. The zero-order valence-electron chi connectivity index (χ0n) is 18.5. The van der Waals surface area contributed by atoms with Crippen molar-refractivity contribution >= 4 is 23.6 Å². The first-order valence-electron chi connectivity index (χ1n) is 11.2. The van der Waals surface area contributed by atoms with Gasteiger partial charge in [-0.1, -0.05) is 24.6 Å². The molecule has 2 atom stereocenters. The molecule has 31 heavy (non-hydrogen) atoms. The summed E-state index contributed by atoms with van der Waals surface area (Å²) in [6.07, 6.45) is 3.14. The molecule has 1 aromatic rings. The average molecular weight is 423 g/mol. The van der Waals surface area contributed by atoms with Crippen molar-refractivity contribution in [2.45, 2.75) is 45.3 Å². The van der Waals surface area contributed by atoms with Crippen LogP contribution in [0, 0.1) is 0 Å². The standard InChI is InChI=1S/C23H30N6O2/c1-16-17(2)29-19-20(24-22(29)28(16)18-10-6-4-7-11-18)25(3)23(31)27(21(19)30)15-14-26-12-8-5-9-13-26/h4,6-7,10-11,19-20H,5,8-9,12-15H2,1-3H3. The van der Waals surface area contributed by atoms with Gasteiger partial charge in [-0.3, -0.25) is 19.5 Å². The summed E-state index contributed by atoms with van der Waals surface area (Å²) < 4.78 is 0. The Morgan fingerprint density at radius 1 is 0.968 bits per heavy atom. The first-order valence-corrected chi connectivity index (χ1v) is 11.2. The van der Waals surface area contributed by atoms with Gasteiger partial charge in [0.2, 0.25) is 5.96 Å². The summed E-state index contributed by atoms with van der Waals surface area (Å²) in [5.74, 6) is 0.577. The minimum atomic E-state index is -0.511. The van der Waals surface area contributed by atoms with Crippen LogP contribution in [0.1, 0.15) is 33.1 Å². The van der Waals surface area contributed by atoms with Crippen LogP contribution in [-0.4, -0.2) is 82.9 Å². The molecule has 0 aliphatic carbocycles. The first-order chi connectivity index (χ1) is 15.0. The maximum absolute atomic E-state index is 13.6. The van der Waals surface area contributed by atoms with Crippen molar-refractivity contribution in [1.29, 1.82) is 0 Å². The number of amides is 3. The maximum atomic E-state index is 13.6. The third-order valence-corrected chi connectivity index (χ3v) is 7.00. The van der Waals surface area contributed by atoms with Crippen molar-refractivity contribution in [2.24, 2.45) is 4.99 Å². The number of likely N-dealkylation sites (tertiary alicyclic amines) is 1. The number of imide groups is 1. The van der Waals surface area contributed by atoms with Crippen molar-refractivity contribution in [3.63, 3.8) is 0 Å². The van der Waals surface area contributed by atoms with Crippen LogP contribution >= 0.6 is 0 Å². The highest BCUT2D eigenvalue weighted by Gasteiger charge is 2.55. The fraction of sp³-hybridized carbons (Fsp3) is 0.522. The molecule has 0 saturated carbocycles. The number of hydrogen-bond donors (Lipinski definition) is 0. The molecular formula is C23H30N6O2. The molecule has 1 aromatic carbocycles. The molecule has 0 aromatic heterocycles. The van der Waals surface area contributed by atoms with E-state index in [-0.39, 0.29) is 11.9 Å². The van der Waals surface area contributed by atoms with Gasteiger partial charge in [-0.15, -0.1) is 0 Å². The van der Waals surface area contributed by atoms with Gasteiger partial charge in [0, 0.05) is 37.2 Å². The SMILES string of the molecule is CC1=C(C)N2C(=NC3C2C(=O)N(CCN2CCCCC2)C(=O)N3C)N1c1ccccc1. The number of rotatable bonds is 4. The molecule has 164 valence electrons. The van der Waals surface area contributed by atoms with E-state index < -0.39 is 12.2 Å². The second-order valence-electron chi connectivity index (χ2n) is 8.78. The van der Waals surface area contributed by atoms with Crippen molar-refractivity contribution in [3.8, 4) is 0 Å². The topological polar surface area (TPSA) is 62.7 Å². The highest BCUT2D eigenvalue weighted by molar-refractivity contribution is 6.10. The third-order valence-electron chi connectivity index (χ3n) is 7.00. The van der Waals surface area contributed by atoms with Crippen LogP contribution in [-0.2, 0) is 4.79 Å². The van der Waals surface area contributed by atoms with E-state index in [1.807, 2.05) is 42.2 Å². The number of fused-ring (bicyclic) bond motifs is 3. The summed E-state index contributed by atoms with van der Waals surface area (Å²) in [6.45, 7) is 7.33. The zero-order valence-corrected chi connectivity index (χ0v) is 18.5. The summed E-state index contributed by atoms with van der Waals surface area (Å²) in [6, 6.07) is 9.27. The molecule has 4 aliphatic rings. The Balaban J connectivity index is 1.42. The number of carbonyl (C=O) groups excluding carboxylic acids is 2. The van der Waals surface area contributed by atoms with E-state index in [4.69, 9.17) is 4.99 Å². The number of carbonyl (C=O) groups is 2. The molecule has 0 spiro atoms. The molecule has 2 saturated heterocycles. The lowest BCUT2D eigenvalue weighted by Gasteiger charge is -2.41. The monoisotopic (exact) mass is 422 g/mol. The summed E-state index contributed by atoms with van der Waals surface area (Å²) in [4.78, 5) is 41.0. The number of allylic oxidation sites excluding steroid dienone is 2. The largest absolute Gasteiger partial charge is 0.328 e. The van der Waals surface area contributed by atoms with Gasteiger partial charge in [0.15, 0.2) is 12.2 Å². The van der Waals surface area contributed by atoms with Crippen LogP contribution < -0.4 is 4.90 Å². The van der Waals surface area contributed by atoms with E-state index in [1.165, 1.54) is 24.2 Å². The van der Waals surface area contributed by atoms with Gasteiger partial charge in [-0.05, 0) is 51.9 Å². The normalized spacial score (nSPS) is 26.6. The highest BCUT2D eigenvalue weighted by Crippen LogP contribution is 2.39. The van der Waals surface area contributed by atoms with Crippen LogP contribution in [0.15, 0.2) is 46.7 Å². The average Bonchev–Trinajstić information content (AvgIpc) is 3.29. The molecule has 4 aliphatic heterocycles. The van der Waals surface area contributed by atoms with Gasteiger partial charge < -0.3 is 9.80 Å². The molecule has 2 fully saturated rings. The van der Waals surface area contributed by atoms with E-state index in [1.54, 1.807) is 11.9 Å². The third kappa shape index (κ3) is 3.12. The minimum Gasteiger partial charge on any atom is -0.302 e. The molecule has 4 heterocycles. The Bertz CT molecular complexity index is 952. The van der Waals surface area contributed by atoms with Crippen LogP contribution in [0.25, 0.3) is 0 Å². The predicted octanol–water partition coefficient (Wildman–Crippen LogP) is 2.50. The lowest BCUT2D eigenvalue weighted by Crippen LogP contribution is -2.65. The molecular weight excluding hydrogens is 392 g/mol. The number of anilines is 1. The van der Waals surface area contributed by atoms with Gasteiger partial charge in [0.05, 0.1) is 0 Å². The Hall–Kier alpha value is -2.87. The Morgan fingerprint density at radius 3 is 2.39 bits per heavy atom. The van der Waals surface area contributed by atoms with Gasteiger partial charge >= 0.3 is 6.03 Å². The van der Waals surface area contributed by atoms with E-state index in [2.05, 4.69) is 16.7 Å². The van der Waals surface area contributed by atoms with Crippen molar-refractivity contribution in [1.82, 2.24) is 19.6 Å². The molecule has 0 radical (unpaired) electrons. The summed E-state index contributed by atoms with van der Waals surface area (Å²) in [5.41, 5.74) is 3.06. The molecule has 0 N–H and O–H groups in total.